The molecule has 2 fully saturated rings. The molecule has 0 saturated carbocycles. The molecule has 3 aliphatic rings. The van der Waals surface area contributed by atoms with Crippen molar-refractivity contribution in [3.63, 3.8) is 0 Å². The zero-order valence-corrected chi connectivity index (χ0v) is 25.7. The number of thiazole rings is 1. The molecule has 6 rings (SSSR count). The fraction of sp³-hybridized carbons (Fsp3) is 0.559. The topological polar surface area (TPSA) is 60.9 Å². The Morgan fingerprint density at radius 2 is 1.78 bits per heavy atom. The van der Waals surface area contributed by atoms with Crippen LogP contribution in [0.15, 0.2) is 36.4 Å². The van der Waals surface area contributed by atoms with E-state index in [0.717, 1.165) is 56.4 Å². The van der Waals surface area contributed by atoms with Crippen LogP contribution in [0.2, 0.25) is 0 Å². The van der Waals surface area contributed by atoms with Crippen molar-refractivity contribution < 1.29 is 9.84 Å². The standard InChI is InChI=1S/C34H46N4O2S/c1-25-27(8-3-10-29(25)33-36-30-12-18-37(19-20-39)22-32(30)41-33)28-9-4-11-31(26(28)2)40-21-7-17-38-16-6-14-34(24-38)13-5-15-35-23-34/h3-4,8-11,35,39H,5-7,12-24H2,1-2H3. The quantitative estimate of drug-likeness (QED) is 0.321. The van der Waals surface area contributed by atoms with E-state index in [-0.39, 0.29) is 6.61 Å². The second-order valence-electron chi connectivity index (χ2n) is 12.4. The number of piperidine rings is 2. The van der Waals surface area contributed by atoms with Crippen molar-refractivity contribution in [1.29, 1.82) is 0 Å². The molecule has 3 aliphatic heterocycles. The van der Waals surface area contributed by atoms with Gasteiger partial charge in [0.15, 0.2) is 0 Å². The number of fused-ring (bicyclic) bond motifs is 1. The lowest BCUT2D eigenvalue weighted by Crippen LogP contribution is -2.51. The molecule has 0 radical (unpaired) electrons. The highest BCUT2D eigenvalue weighted by atomic mass is 32.1. The summed E-state index contributed by atoms with van der Waals surface area (Å²) in [5.41, 5.74) is 7.91. The van der Waals surface area contributed by atoms with Gasteiger partial charge in [-0.1, -0.05) is 30.3 Å². The number of likely N-dealkylation sites (tertiary alicyclic amines) is 1. The molecule has 220 valence electrons. The third-order valence-corrected chi connectivity index (χ3v) is 10.7. The fourth-order valence-electron chi connectivity index (χ4n) is 7.27. The summed E-state index contributed by atoms with van der Waals surface area (Å²) in [6.45, 7) is 14.0. The normalized spacial score (nSPS) is 21.7. The number of β-amino-alcohol motifs (C(OH)–C–C–N with tert-alkyl or cyclic N) is 1. The van der Waals surface area contributed by atoms with E-state index in [2.05, 4.69) is 65.4 Å². The minimum Gasteiger partial charge on any atom is -0.493 e. The van der Waals surface area contributed by atoms with E-state index in [9.17, 15) is 5.11 Å². The number of hydrogen-bond acceptors (Lipinski definition) is 7. The number of rotatable bonds is 9. The first-order chi connectivity index (χ1) is 20.0. The average Bonchev–Trinajstić information content (AvgIpc) is 3.40. The highest BCUT2D eigenvalue weighted by Crippen LogP contribution is 2.39. The van der Waals surface area contributed by atoms with Gasteiger partial charge in [-0.15, -0.1) is 11.3 Å². The Kier molecular flexibility index (Phi) is 9.08. The van der Waals surface area contributed by atoms with Gasteiger partial charge in [-0.3, -0.25) is 4.90 Å². The Balaban J connectivity index is 1.11. The van der Waals surface area contributed by atoms with E-state index in [0.29, 0.717) is 5.41 Å². The van der Waals surface area contributed by atoms with Crippen LogP contribution in [0.4, 0.5) is 0 Å². The van der Waals surface area contributed by atoms with Crippen LogP contribution in [0.25, 0.3) is 21.7 Å². The molecule has 0 aliphatic carbocycles. The minimum absolute atomic E-state index is 0.210. The van der Waals surface area contributed by atoms with Gasteiger partial charge in [0, 0.05) is 56.1 Å². The third kappa shape index (κ3) is 6.40. The lowest BCUT2D eigenvalue weighted by Gasteiger charge is -2.45. The molecule has 7 heteroatoms. The molecule has 1 spiro atoms. The van der Waals surface area contributed by atoms with Gasteiger partial charge in [0.2, 0.25) is 0 Å². The largest absolute Gasteiger partial charge is 0.493 e. The molecule has 2 saturated heterocycles. The highest BCUT2D eigenvalue weighted by molar-refractivity contribution is 7.15. The van der Waals surface area contributed by atoms with Gasteiger partial charge in [0.25, 0.3) is 0 Å². The second-order valence-corrected chi connectivity index (χ2v) is 13.5. The Hall–Kier alpha value is -2.29. The summed E-state index contributed by atoms with van der Waals surface area (Å²) in [5.74, 6) is 0.993. The van der Waals surface area contributed by atoms with E-state index in [1.165, 1.54) is 90.3 Å². The van der Waals surface area contributed by atoms with E-state index < -0.39 is 0 Å². The molecule has 3 aromatic rings. The first kappa shape index (κ1) is 28.8. The van der Waals surface area contributed by atoms with Crippen molar-refractivity contribution in [3.8, 4) is 27.4 Å². The van der Waals surface area contributed by atoms with Crippen LogP contribution in [-0.2, 0) is 13.0 Å². The van der Waals surface area contributed by atoms with Gasteiger partial charge in [-0.05, 0) is 92.8 Å². The SMILES string of the molecule is Cc1c(OCCCN2CCCC3(CCCNC3)C2)cccc1-c1cccc(-c2nc3c(s2)CN(CCO)CC3)c1C. The molecule has 41 heavy (non-hydrogen) atoms. The number of nitrogens with zero attached hydrogens (tertiary/aromatic N) is 3. The summed E-state index contributed by atoms with van der Waals surface area (Å²) >= 11 is 1.81. The van der Waals surface area contributed by atoms with E-state index in [1.54, 1.807) is 0 Å². The molecule has 0 bridgehead atoms. The van der Waals surface area contributed by atoms with Gasteiger partial charge < -0.3 is 20.1 Å². The fourth-order valence-corrected chi connectivity index (χ4v) is 8.50. The van der Waals surface area contributed by atoms with Crippen molar-refractivity contribution in [2.75, 3.05) is 59.0 Å². The van der Waals surface area contributed by atoms with Crippen LogP contribution < -0.4 is 10.1 Å². The smallest absolute Gasteiger partial charge is 0.124 e. The number of aliphatic hydroxyl groups excluding tert-OH is 1. The number of hydrogen-bond donors (Lipinski definition) is 2. The Morgan fingerprint density at radius 1 is 0.976 bits per heavy atom. The van der Waals surface area contributed by atoms with Crippen molar-refractivity contribution in [1.82, 2.24) is 20.1 Å². The monoisotopic (exact) mass is 574 g/mol. The number of ether oxygens (including phenoxy) is 1. The molecule has 6 nitrogen and oxygen atoms in total. The lowest BCUT2D eigenvalue weighted by molar-refractivity contribution is 0.0615. The van der Waals surface area contributed by atoms with Crippen molar-refractivity contribution in [3.05, 3.63) is 58.1 Å². The highest BCUT2D eigenvalue weighted by Gasteiger charge is 2.36. The van der Waals surface area contributed by atoms with E-state index in [4.69, 9.17) is 9.72 Å². The Labute approximate surface area is 249 Å². The van der Waals surface area contributed by atoms with Gasteiger partial charge in [0.05, 0.1) is 18.9 Å². The number of benzene rings is 2. The van der Waals surface area contributed by atoms with Crippen molar-refractivity contribution in [2.24, 2.45) is 5.41 Å². The molecule has 1 unspecified atom stereocenters. The molecule has 1 atom stereocenters. The summed E-state index contributed by atoms with van der Waals surface area (Å²) in [4.78, 5) is 11.4. The zero-order valence-electron chi connectivity index (χ0n) is 24.9. The van der Waals surface area contributed by atoms with Crippen molar-refractivity contribution in [2.45, 2.75) is 58.9 Å². The molecule has 2 N–H and O–H groups in total. The molecule has 1 aromatic heterocycles. The van der Waals surface area contributed by atoms with E-state index in [1.807, 2.05) is 11.3 Å². The van der Waals surface area contributed by atoms with Gasteiger partial charge in [0.1, 0.15) is 10.8 Å². The van der Waals surface area contributed by atoms with Gasteiger partial charge in [-0.25, -0.2) is 4.98 Å². The van der Waals surface area contributed by atoms with Gasteiger partial charge in [-0.2, -0.15) is 0 Å². The van der Waals surface area contributed by atoms with Crippen LogP contribution in [0, 0.1) is 19.3 Å². The summed E-state index contributed by atoms with van der Waals surface area (Å²) in [6, 6.07) is 13.1. The number of nitrogens with one attached hydrogen (secondary N) is 1. The number of aromatic nitrogens is 1. The Morgan fingerprint density at radius 3 is 2.61 bits per heavy atom. The maximum atomic E-state index is 9.36. The average molecular weight is 575 g/mol. The van der Waals surface area contributed by atoms with Crippen LogP contribution in [0.5, 0.6) is 5.75 Å². The maximum Gasteiger partial charge on any atom is 0.124 e. The predicted octanol–water partition coefficient (Wildman–Crippen LogP) is 5.68. The van der Waals surface area contributed by atoms with Crippen LogP contribution in [0.3, 0.4) is 0 Å². The van der Waals surface area contributed by atoms with Gasteiger partial charge >= 0.3 is 0 Å². The summed E-state index contributed by atoms with van der Waals surface area (Å²) in [5, 5.41) is 14.1. The maximum absolute atomic E-state index is 9.36. The molecular formula is C34H46N4O2S. The first-order valence-electron chi connectivity index (χ1n) is 15.6. The molecule has 0 amide bonds. The molecular weight excluding hydrogens is 528 g/mol. The van der Waals surface area contributed by atoms with Crippen LogP contribution >= 0.6 is 11.3 Å². The second kappa shape index (κ2) is 12.9. The number of aliphatic hydroxyl groups is 1. The lowest BCUT2D eigenvalue weighted by atomic mass is 9.74. The van der Waals surface area contributed by atoms with Crippen LogP contribution in [0.1, 0.15) is 53.8 Å². The summed E-state index contributed by atoms with van der Waals surface area (Å²) in [6.07, 6.45) is 7.44. The predicted molar refractivity (Wildman–Crippen MR) is 169 cm³/mol. The van der Waals surface area contributed by atoms with Crippen molar-refractivity contribution >= 4 is 11.3 Å². The minimum atomic E-state index is 0.210. The third-order valence-electron chi connectivity index (χ3n) is 9.54. The Bertz CT molecular complexity index is 1330. The summed E-state index contributed by atoms with van der Waals surface area (Å²) in [7, 11) is 0. The zero-order chi connectivity index (χ0) is 28.2. The van der Waals surface area contributed by atoms with E-state index >= 15 is 0 Å². The molecule has 4 heterocycles. The van der Waals surface area contributed by atoms with Crippen LogP contribution in [-0.4, -0.2) is 78.9 Å². The first-order valence-corrected chi connectivity index (χ1v) is 16.4. The molecule has 2 aromatic carbocycles. The summed E-state index contributed by atoms with van der Waals surface area (Å²) < 4.78 is 6.39.